The van der Waals surface area contributed by atoms with E-state index in [4.69, 9.17) is 0 Å². The van der Waals surface area contributed by atoms with Gasteiger partial charge in [-0.15, -0.1) is 0 Å². The largest absolute Gasteiger partial charge is 0.299 e. The summed E-state index contributed by atoms with van der Waals surface area (Å²) in [6.07, 6.45) is 8.89. The van der Waals surface area contributed by atoms with Crippen LogP contribution in [-0.2, 0) is 4.79 Å². The van der Waals surface area contributed by atoms with E-state index in [1.165, 1.54) is 5.57 Å². The van der Waals surface area contributed by atoms with Crippen LogP contribution in [0.4, 0.5) is 0 Å². The van der Waals surface area contributed by atoms with E-state index in [2.05, 4.69) is 26.0 Å². The molecule has 1 atom stereocenters. The molecule has 0 fully saturated rings. The monoisotopic (exact) mass is 164 g/mol. The molecule has 0 amide bonds. The summed E-state index contributed by atoms with van der Waals surface area (Å²) >= 11 is 0. The molecule has 1 unspecified atom stereocenters. The summed E-state index contributed by atoms with van der Waals surface area (Å²) < 4.78 is 0. The molecule has 1 aliphatic rings. The van der Waals surface area contributed by atoms with Gasteiger partial charge in [0.25, 0.3) is 0 Å². The van der Waals surface area contributed by atoms with Crippen molar-refractivity contribution in [3.8, 4) is 0 Å². The summed E-state index contributed by atoms with van der Waals surface area (Å²) in [5, 5.41) is 0. The molecule has 0 aromatic carbocycles. The Balaban J connectivity index is 2.46. The maximum atomic E-state index is 11.3. The molecule has 1 nitrogen and oxygen atoms in total. The van der Waals surface area contributed by atoms with Crippen molar-refractivity contribution in [1.82, 2.24) is 0 Å². The molecule has 1 rings (SSSR count). The summed E-state index contributed by atoms with van der Waals surface area (Å²) in [7, 11) is 0. The van der Waals surface area contributed by atoms with E-state index >= 15 is 0 Å². The van der Waals surface area contributed by atoms with Gasteiger partial charge in [-0.25, -0.2) is 0 Å². The number of hydrogen-bond donors (Lipinski definition) is 0. The zero-order chi connectivity index (χ0) is 8.97. The highest BCUT2D eigenvalue weighted by Crippen LogP contribution is 2.25. The SMILES string of the molecule is CCC=CCC1C(=O)CC=C1C. The van der Waals surface area contributed by atoms with E-state index in [-0.39, 0.29) is 5.92 Å². The first-order chi connectivity index (χ1) is 5.75. The van der Waals surface area contributed by atoms with Crippen LogP contribution in [0, 0.1) is 5.92 Å². The van der Waals surface area contributed by atoms with Gasteiger partial charge in [-0.3, -0.25) is 4.79 Å². The van der Waals surface area contributed by atoms with Gasteiger partial charge in [-0.1, -0.05) is 30.7 Å². The van der Waals surface area contributed by atoms with Crippen molar-refractivity contribution in [3.63, 3.8) is 0 Å². The first-order valence-corrected chi connectivity index (χ1v) is 4.60. The standard InChI is InChI=1S/C11H16O/c1-3-4-5-6-10-9(2)7-8-11(10)12/h4-5,7,10H,3,6,8H2,1-2H3. The number of carbonyl (C=O) groups excluding carboxylic acids is 1. The van der Waals surface area contributed by atoms with E-state index in [0.29, 0.717) is 12.2 Å². The molecule has 0 spiro atoms. The lowest BCUT2D eigenvalue weighted by Crippen LogP contribution is -2.07. The number of carbonyl (C=O) groups is 1. The van der Waals surface area contributed by atoms with Crippen LogP contribution in [0.25, 0.3) is 0 Å². The van der Waals surface area contributed by atoms with Gasteiger partial charge in [-0.2, -0.15) is 0 Å². The van der Waals surface area contributed by atoms with Crippen molar-refractivity contribution in [2.75, 3.05) is 0 Å². The van der Waals surface area contributed by atoms with Gasteiger partial charge >= 0.3 is 0 Å². The summed E-state index contributed by atoms with van der Waals surface area (Å²) in [6.45, 7) is 4.16. The Morgan fingerprint density at radius 1 is 1.58 bits per heavy atom. The highest BCUT2D eigenvalue weighted by molar-refractivity contribution is 5.88. The number of ketones is 1. The van der Waals surface area contributed by atoms with Crippen molar-refractivity contribution in [1.29, 1.82) is 0 Å². The third kappa shape index (κ3) is 2.07. The topological polar surface area (TPSA) is 17.1 Å². The fourth-order valence-electron chi connectivity index (χ4n) is 1.52. The quantitative estimate of drug-likeness (QED) is 0.586. The van der Waals surface area contributed by atoms with Gasteiger partial charge < -0.3 is 0 Å². The third-order valence-electron chi connectivity index (χ3n) is 2.34. The number of allylic oxidation sites excluding steroid dienone is 4. The van der Waals surface area contributed by atoms with Crippen molar-refractivity contribution >= 4 is 5.78 Å². The van der Waals surface area contributed by atoms with Crippen LogP contribution in [0.1, 0.15) is 33.1 Å². The van der Waals surface area contributed by atoms with Crippen LogP contribution in [0.5, 0.6) is 0 Å². The molecule has 66 valence electrons. The van der Waals surface area contributed by atoms with Crippen LogP contribution < -0.4 is 0 Å². The van der Waals surface area contributed by atoms with Crippen molar-refractivity contribution in [2.45, 2.75) is 33.1 Å². The Kier molecular flexibility index (Phi) is 3.27. The first-order valence-electron chi connectivity index (χ1n) is 4.60. The zero-order valence-electron chi connectivity index (χ0n) is 7.84. The molecular formula is C11H16O. The second kappa shape index (κ2) is 4.24. The van der Waals surface area contributed by atoms with Crippen LogP contribution in [0.3, 0.4) is 0 Å². The molecule has 0 aromatic heterocycles. The minimum absolute atomic E-state index is 0.188. The predicted molar refractivity (Wildman–Crippen MR) is 50.9 cm³/mol. The van der Waals surface area contributed by atoms with Gasteiger partial charge in [0.15, 0.2) is 0 Å². The smallest absolute Gasteiger partial charge is 0.144 e. The maximum Gasteiger partial charge on any atom is 0.144 e. The fourth-order valence-corrected chi connectivity index (χ4v) is 1.52. The Labute approximate surface area is 74.2 Å². The molecular weight excluding hydrogens is 148 g/mol. The second-order valence-corrected chi connectivity index (χ2v) is 3.29. The van der Waals surface area contributed by atoms with Crippen LogP contribution in [-0.4, -0.2) is 5.78 Å². The molecule has 12 heavy (non-hydrogen) atoms. The lowest BCUT2D eigenvalue weighted by Gasteiger charge is -2.05. The zero-order valence-corrected chi connectivity index (χ0v) is 7.84. The third-order valence-corrected chi connectivity index (χ3v) is 2.34. The van der Waals surface area contributed by atoms with Crippen LogP contribution >= 0.6 is 0 Å². The Morgan fingerprint density at radius 2 is 2.33 bits per heavy atom. The lowest BCUT2D eigenvalue weighted by molar-refractivity contribution is -0.120. The van der Waals surface area contributed by atoms with E-state index in [9.17, 15) is 4.79 Å². The molecule has 0 N–H and O–H groups in total. The van der Waals surface area contributed by atoms with Gasteiger partial charge in [0.2, 0.25) is 0 Å². The van der Waals surface area contributed by atoms with Crippen LogP contribution in [0.15, 0.2) is 23.8 Å². The molecule has 0 heterocycles. The number of Topliss-reactive ketones (excluding diaryl/α,β-unsaturated/α-hetero) is 1. The highest BCUT2D eigenvalue weighted by Gasteiger charge is 2.22. The van der Waals surface area contributed by atoms with Gasteiger partial charge in [0.05, 0.1) is 0 Å². The molecule has 0 saturated heterocycles. The minimum atomic E-state index is 0.188. The second-order valence-electron chi connectivity index (χ2n) is 3.29. The Bertz CT molecular complexity index is 223. The van der Waals surface area contributed by atoms with Crippen LogP contribution in [0.2, 0.25) is 0 Å². The molecule has 1 aliphatic carbocycles. The predicted octanol–water partition coefficient (Wildman–Crippen LogP) is 2.88. The minimum Gasteiger partial charge on any atom is -0.299 e. The summed E-state index contributed by atoms with van der Waals surface area (Å²) in [5.74, 6) is 0.570. The average molecular weight is 164 g/mol. The molecule has 1 heteroatoms. The van der Waals surface area contributed by atoms with Crippen molar-refractivity contribution < 1.29 is 4.79 Å². The molecule has 0 saturated carbocycles. The Hall–Kier alpha value is -0.850. The van der Waals surface area contributed by atoms with Gasteiger partial charge in [0.1, 0.15) is 5.78 Å². The Morgan fingerprint density at radius 3 is 2.83 bits per heavy atom. The molecule has 0 aliphatic heterocycles. The van der Waals surface area contributed by atoms with Gasteiger partial charge in [-0.05, 0) is 19.8 Å². The summed E-state index contributed by atoms with van der Waals surface area (Å²) in [4.78, 5) is 11.3. The lowest BCUT2D eigenvalue weighted by atomic mass is 9.97. The summed E-state index contributed by atoms with van der Waals surface area (Å²) in [5.41, 5.74) is 1.25. The average Bonchev–Trinajstić information content (AvgIpc) is 2.35. The summed E-state index contributed by atoms with van der Waals surface area (Å²) in [6, 6.07) is 0. The van der Waals surface area contributed by atoms with E-state index in [1.54, 1.807) is 0 Å². The molecule has 0 radical (unpaired) electrons. The van der Waals surface area contributed by atoms with E-state index in [1.807, 2.05) is 6.08 Å². The molecule has 0 aromatic rings. The van der Waals surface area contributed by atoms with Gasteiger partial charge in [0, 0.05) is 12.3 Å². The number of hydrogen-bond acceptors (Lipinski definition) is 1. The maximum absolute atomic E-state index is 11.3. The van der Waals surface area contributed by atoms with E-state index < -0.39 is 0 Å². The first kappa shape index (κ1) is 9.24. The number of rotatable bonds is 3. The van der Waals surface area contributed by atoms with Crippen molar-refractivity contribution in [3.05, 3.63) is 23.8 Å². The normalized spacial score (nSPS) is 23.7. The van der Waals surface area contributed by atoms with Crippen molar-refractivity contribution in [2.24, 2.45) is 5.92 Å². The fraction of sp³-hybridized carbons (Fsp3) is 0.545. The molecule has 0 bridgehead atoms. The van der Waals surface area contributed by atoms with E-state index in [0.717, 1.165) is 12.8 Å². The highest BCUT2D eigenvalue weighted by atomic mass is 16.1.